The van der Waals surface area contributed by atoms with E-state index < -0.39 is 0 Å². The smallest absolute Gasteiger partial charge is 0.126 e. The molecule has 0 saturated heterocycles. The van der Waals surface area contributed by atoms with Crippen molar-refractivity contribution >= 4 is 0 Å². The van der Waals surface area contributed by atoms with Gasteiger partial charge in [-0.1, -0.05) is 18.2 Å². The number of benzene rings is 1. The highest BCUT2D eigenvalue weighted by Crippen LogP contribution is 2.48. The predicted molar refractivity (Wildman–Crippen MR) is 76.5 cm³/mol. The molecule has 1 aromatic carbocycles. The Morgan fingerprint density at radius 2 is 1.79 bits per heavy atom. The van der Waals surface area contributed by atoms with Crippen molar-refractivity contribution in [1.82, 2.24) is 5.32 Å². The van der Waals surface area contributed by atoms with Crippen LogP contribution < -0.4 is 5.32 Å². The highest BCUT2D eigenvalue weighted by atomic mass is 19.1. The Morgan fingerprint density at radius 3 is 2.37 bits per heavy atom. The van der Waals surface area contributed by atoms with Gasteiger partial charge in [-0.3, -0.25) is 0 Å². The maximum Gasteiger partial charge on any atom is 0.126 e. The molecule has 2 heteroatoms. The number of halogens is 1. The fourth-order valence-electron chi connectivity index (χ4n) is 3.17. The van der Waals surface area contributed by atoms with Crippen LogP contribution in [0.2, 0.25) is 0 Å². The summed E-state index contributed by atoms with van der Waals surface area (Å²) in [7, 11) is 0. The summed E-state index contributed by atoms with van der Waals surface area (Å²) in [5, 5.41) is 3.63. The molecule has 3 rings (SSSR count). The average Bonchev–Trinajstić information content (AvgIpc) is 3.26. The zero-order valence-electron chi connectivity index (χ0n) is 11.7. The average molecular weight is 261 g/mol. The number of hydrogen-bond donors (Lipinski definition) is 1. The summed E-state index contributed by atoms with van der Waals surface area (Å²) in [5.41, 5.74) is 0.830. The van der Waals surface area contributed by atoms with E-state index in [1.54, 1.807) is 12.1 Å². The predicted octanol–water partition coefficient (Wildman–Crippen LogP) is 3.78. The first-order chi connectivity index (χ1) is 9.24. The lowest BCUT2D eigenvalue weighted by Crippen LogP contribution is -2.34. The molecule has 0 radical (unpaired) electrons. The molecule has 1 aromatic rings. The molecule has 2 fully saturated rings. The Bertz CT molecular complexity index is 411. The quantitative estimate of drug-likeness (QED) is 0.787. The third-order valence-electron chi connectivity index (χ3n) is 4.64. The van der Waals surface area contributed by atoms with Gasteiger partial charge in [-0.05, 0) is 75.0 Å². The van der Waals surface area contributed by atoms with Gasteiger partial charge in [-0.15, -0.1) is 0 Å². The van der Waals surface area contributed by atoms with Crippen molar-refractivity contribution in [2.24, 2.45) is 17.8 Å². The minimum Gasteiger partial charge on any atom is -0.314 e. The Hall–Kier alpha value is -0.890. The van der Waals surface area contributed by atoms with Crippen LogP contribution in [0.1, 0.15) is 38.2 Å². The Labute approximate surface area is 115 Å². The molecule has 1 N–H and O–H groups in total. The number of hydrogen-bond acceptors (Lipinski definition) is 1. The molecule has 0 heterocycles. The van der Waals surface area contributed by atoms with Gasteiger partial charge in [-0.25, -0.2) is 4.39 Å². The SMILES string of the molecule is CC(Cc1ccccc1F)NCC(C1CC1)C1CC1. The van der Waals surface area contributed by atoms with E-state index in [1.807, 2.05) is 12.1 Å². The summed E-state index contributed by atoms with van der Waals surface area (Å²) in [4.78, 5) is 0. The molecule has 2 saturated carbocycles. The van der Waals surface area contributed by atoms with Gasteiger partial charge in [0, 0.05) is 6.04 Å². The number of nitrogens with one attached hydrogen (secondary N) is 1. The normalized spacial score (nSPS) is 20.8. The van der Waals surface area contributed by atoms with E-state index in [2.05, 4.69) is 12.2 Å². The Kier molecular flexibility index (Phi) is 3.88. The van der Waals surface area contributed by atoms with E-state index in [-0.39, 0.29) is 5.82 Å². The molecule has 0 aromatic heterocycles. The van der Waals surface area contributed by atoms with Crippen LogP contribution in [0.5, 0.6) is 0 Å². The first-order valence-corrected chi connectivity index (χ1v) is 7.71. The zero-order chi connectivity index (χ0) is 13.2. The lowest BCUT2D eigenvalue weighted by molar-refractivity contribution is 0.358. The molecular formula is C17H24FN. The van der Waals surface area contributed by atoms with Crippen LogP contribution in [-0.4, -0.2) is 12.6 Å². The van der Waals surface area contributed by atoms with Crippen LogP contribution in [0.4, 0.5) is 4.39 Å². The van der Waals surface area contributed by atoms with Gasteiger partial charge in [0.25, 0.3) is 0 Å². The molecular weight excluding hydrogens is 237 g/mol. The monoisotopic (exact) mass is 261 g/mol. The van der Waals surface area contributed by atoms with Crippen molar-refractivity contribution in [1.29, 1.82) is 0 Å². The molecule has 104 valence electrons. The fraction of sp³-hybridized carbons (Fsp3) is 0.647. The summed E-state index contributed by atoms with van der Waals surface area (Å²) in [6, 6.07) is 7.48. The second kappa shape index (κ2) is 5.62. The summed E-state index contributed by atoms with van der Waals surface area (Å²) in [6.45, 7) is 3.30. The summed E-state index contributed by atoms with van der Waals surface area (Å²) >= 11 is 0. The van der Waals surface area contributed by atoms with Crippen molar-refractivity contribution in [3.05, 3.63) is 35.6 Å². The Morgan fingerprint density at radius 1 is 1.16 bits per heavy atom. The zero-order valence-corrected chi connectivity index (χ0v) is 11.7. The molecule has 0 amide bonds. The van der Waals surface area contributed by atoms with Gasteiger partial charge < -0.3 is 5.32 Å². The molecule has 2 aliphatic carbocycles. The molecule has 1 atom stereocenters. The minimum absolute atomic E-state index is 0.0721. The maximum atomic E-state index is 13.6. The van der Waals surface area contributed by atoms with Gasteiger partial charge in [0.15, 0.2) is 0 Å². The molecule has 0 spiro atoms. The lowest BCUT2D eigenvalue weighted by Gasteiger charge is -2.20. The third-order valence-corrected chi connectivity index (χ3v) is 4.64. The van der Waals surface area contributed by atoms with E-state index in [1.165, 1.54) is 25.7 Å². The summed E-state index contributed by atoms with van der Waals surface area (Å²) < 4.78 is 13.6. The maximum absolute atomic E-state index is 13.6. The van der Waals surface area contributed by atoms with Gasteiger partial charge in [0.1, 0.15) is 5.82 Å². The lowest BCUT2D eigenvalue weighted by atomic mass is 9.97. The van der Waals surface area contributed by atoms with E-state index in [0.29, 0.717) is 6.04 Å². The molecule has 1 nitrogen and oxygen atoms in total. The standard InChI is InChI=1S/C17H24FN/c1-12(10-15-4-2-3-5-17(15)18)19-11-16(13-6-7-13)14-8-9-14/h2-5,12-14,16,19H,6-11H2,1H3. The molecule has 2 aliphatic rings. The van der Waals surface area contributed by atoms with Gasteiger partial charge in [0.2, 0.25) is 0 Å². The molecule has 0 aliphatic heterocycles. The van der Waals surface area contributed by atoms with Gasteiger partial charge in [0.05, 0.1) is 0 Å². The first-order valence-electron chi connectivity index (χ1n) is 7.71. The van der Waals surface area contributed by atoms with Crippen molar-refractivity contribution in [3.63, 3.8) is 0 Å². The molecule has 19 heavy (non-hydrogen) atoms. The summed E-state index contributed by atoms with van der Waals surface area (Å²) in [6.07, 6.45) is 6.53. The highest BCUT2D eigenvalue weighted by Gasteiger charge is 2.40. The second-order valence-corrected chi connectivity index (χ2v) is 6.44. The van der Waals surface area contributed by atoms with Crippen molar-refractivity contribution in [3.8, 4) is 0 Å². The summed E-state index contributed by atoms with van der Waals surface area (Å²) in [5.74, 6) is 2.79. The highest BCUT2D eigenvalue weighted by molar-refractivity contribution is 5.18. The topological polar surface area (TPSA) is 12.0 Å². The van der Waals surface area contributed by atoms with Crippen LogP contribution in [0, 0.1) is 23.6 Å². The van der Waals surface area contributed by atoms with Crippen molar-refractivity contribution < 1.29 is 4.39 Å². The van der Waals surface area contributed by atoms with E-state index >= 15 is 0 Å². The van der Waals surface area contributed by atoms with Crippen molar-refractivity contribution in [2.75, 3.05) is 6.54 Å². The minimum atomic E-state index is -0.0721. The fourth-order valence-corrected chi connectivity index (χ4v) is 3.17. The van der Waals surface area contributed by atoms with E-state index in [4.69, 9.17) is 0 Å². The third kappa shape index (κ3) is 3.56. The van der Waals surface area contributed by atoms with Crippen molar-refractivity contribution in [2.45, 2.75) is 45.1 Å². The first kappa shape index (κ1) is 13.1. The second-order valence-electron chi connectivity index (χ2n) is 6.44. The van der Waals surface area contributed by atoms with Crippen LogP contribution in [0.3, 0.4) is 0 Å². The number of rotatable bonds is 7. The van der Waals surface area contributed by atoms with Crippen LogP contribution in [-0.2, 0) is 6.42 Å². The van der Waals surface area contributed by atoms with Crippen LogP contribution in [0.25, 0.3) is 0 Å². The molecule has 1 unspecified atom stereocenters. The largest absolute Gasteiger partial charge is 0.314 e. The van der Waals surface area contributed by atoms with Gasteiger partial charge >= 0.3 is 0 Å². The van der Waals surface area contributed by atoms with E-state index in [9.17, 15) is 4.39 Å². The van der Waals surface area contributed by atoms with E-state index in [0.717, 1.165) is 36.3 Å². The van der Waals surface area contributed by atoms with Crippen LogP contribution >= 0.6 is 0 Å². The van der Waals surface area contributed by atoms with Gasteiger partial charge in [-0.2, -0.15) is 0 Å². The molecule has 0 bridgehead atoms. The van der Waals surface area contributed by atoms with Crippen LogP contribution in [0.15, 0.2) is 24.3 Å². The Balaban J connectivity index is 1.48.